The molecular formula is C21H21ClN4O5S. The molecular weight excluding hydrogens is 456 g/mol. The molecule has 1 aliphatic rings. The molecule has 32 heavy (non-hydrogen) atoms. The summed E-state index contributed by atoms with van der Waals surface area (Å²) < 4.78 is 32.3. The van der Waals surface area contributed by atoms with Gasteiger partial charge in [0.2, 0.25) is 15.9 Å². The van der Waals surface area contributed by atoms with Crippen LogP contribution in [-0.4, -0.2) is 69.3 Å². The second kappa shape index (κ2) is 10.1. The van der Waals surface area contributed by atoms with Crippen LogP contribution in [0.3, 0.4) is 0 Å². The first-order valence-corrected chi connectivity index (χ1v) is 11.5. The summed E-state index contributed by atoms with van der Waals surface area (Å²) >= 11 is 6.13. The van der Waals surface area contributed by atoms with Crippen LogP contribution in [0.1, 0.15) is 15.9 Å². The molecule has 1 heterocycles. The number of anilines is 1. The molecule has 2 aromatic carbocycles. The number of nitrogens with zero attached hydrogens (tertiary/aromatic N) is 3. The molecule has 2 amide bonds. The molecule has 9 nitrogen and oxygen atoms in total. The second-order valence-electron chi connectivity index (χ2n) is 7.06. The van der Waals surface area contributed by atoms with Crippen LogP contribution in [0.4, 0.5) is 5.69 Å². The third-order valence-corrected chi connectivity index (χ3v) is 7.17. The summed E-state index contributed by atoms with van der Waals surface area (Å²) in [4.78, 5) is 26.0. The number of rotatable bonds is 6. The Morgan fingerprint density at radius 2 is 1.84 bits per heavy atom. The summed E-state index contributed by atoms with van der Waals surface area (Å²) in [6.07, 6.45) is 0. The number of carbonyl (C=O) groups is 2. The van der Waals surface area contributed by atoms with Gasteiger partial charge in [-0.3, -0.25) is 9.59 Å². The van der Waals surface area contributed by atoms with Gasteiger partial charge >= 0.3 is 0 Å². The Bertz CT molecular complexity index is 1160. The topological polar surface area (TPSA) is 120 Å². The number of benzene rings is 2. The van der Waals surface area contributed by atoms with Crippen molar-refractivity contribution < 1.29 is 22.7 Å². The number of halogens is 1. The van der Waals surface area contributed by atoms with Gasteiger partial charge in [0.05, 0.1) is 36.4 Å². The number of nitrogens with one attached hydrogen (secondary N) is 1. The number of ether oxygens (including phenoxy) is 1. The van der Waals surface area contributed by atoms with E-state index in [1.165, 1.54) is 58.7 Å². The molecule has 0 atom stereocenters. The van der Waals surface area contributed by atoms with E-state index in [1.54, 1.807) is 0 Å². The molecule has 11 heteroatoms. The first-order chi connectivity index (χ1) is 15.2. The van der Waals surface area contributed by atoms with Gasteiger partial charge in [-0.2, -0.15) is 9.57 Å². The van der Waals surface area contributed by atoms with Gasteiger partial charge in [0.25, 0.3) is 5.91 Å². The highest BCUT2D eigenvalue weighted by atomic mass is 35.5. The van der Waals surface area contributed by atoms with Gasteiger partial charge in [-0.25, -0.2) is 8.42 Å². The Kier molecular flexibility index (Phi) is 7.48. The molecule has 3 rings (SSSR count). The van der Waals surface area contributed by atoms with Gasteiger partial charge in [-0.15, -0.1) is 0 Å². The first kappa shape index (κ1) is 23.7. The summed E-state index contributed by atoms with van der Waals surface area (Å²) in [6, 6.07) is 12.2. The highest BCUT2D eigenvalue weighted by molar-refractivity contribution is 7.89. The number of sulfonamides is 1. The second-order valence-corrected chi connectivity index (χ2v) is 9.37. The van der Waals surface area contributed by atoms with Gasteiger partial charge in [-0.05, 0) is 42.5 Å². The fraction of sp³-hybridized carbons (Fsp3) is 0.286. The number of amides is 2. The van der Waals surface area contributed by atoms with E-state index in [0.717, 1.165) is 0 Å². The largest absolute Gasteiger partial charge is 0.379 e. The smallest absolute Gasteiger partial charge is 0.254 e. The minimum atomic E-state index is -3.85. The average Bonchev–Trinajstić information content (AvgIpc) is 2.80. The number of likely N-dealkylation sites (N-methyl/N-ethyl adjacent to an activating group) is 1. The van der Waals surface area contributed by atoms with Gasteiger partial charge in [0, 0.05) is 31.4 Å². The van der Waals surface area contributed by atoms with Crippen LogP contribution in [-0.2, 0) is 19.6 Å². The molecule has 0 saturated carbocycles. The molecule has 0 aliphatic carbocycles. The van der Waals surface area contributed by atoms with Crippen LogP contribution in [0.15, 0.2) is 47.4 Å². The fourth-order valence-electron chi connectivity index (χ4n) is 3.10. The molecule has 1 saturated heterocycles. The molecule has 0 aromatic heterocycles. The zero-order chi connectivity index (χ0) is 23.3. The highest BCUT2D eigenvalue weighted by Crippen LogP contribution is 2.28. The summed E-state index contributed by atoms with van der Waals surface area (Å²) in [5, 5.41) is 11.5. The van der Waals surface area contributed by atoms with Crippen molar-refractivity contribution in [3.8, 4) is 6.07 Å². The van der Waals surface area contributed by atoms with E-state index < -0.39 is 21.8 Å². The molecule has 1 fully saturated rings. The lowest BCUT2D eigenvalue weighted by molar-refractivity contribution is -0.116. The molecule has 1 N–H and O–H groups in total. The van der Waals surface area contributed by atoms with Gasteiger partial charge < -0.3 is 15.0 Å². The predicted octanol–water partition coefficient (Wildman–Crippen LogP) is 1.94. The lowest BCUT2D eigenvalue weighted by Crippen LogP contribution is -2.40. The van der Waals surface area contributed by atoms with E-state index in [1.807, 2.05) is 6.07 Å². The zero-order valence-corrected chi connectivity index (χ0v) is 18.8. The Morgan fingerprint density at radius 3 is 2.47 bits per heavy atom. The number of carbonyl (C=O) groups excluding carboxylic acids is 2. The first-order valence-electron chi connectivity index (χ1n) is 9.65. The van der Waals surface area contributed by atoms with E-state index in [9.17, 15) is 18.0 Å². The number of morpholine rings is 1. The van der Waals surface area contributed by atoms with Crippen LogP contribution in [0.5, 0.6) is 0 Å². The lowest BCUT2D eigenvalue weighted by atomic mass is 10.1. The zero-order valence-electron chi connectivity index (χ0n) is 17.2. The average molecular weight is 477 g/mol. The third kappa shape index (κ3) is 5.44. The van der Waals surface area contributed by atoms with Crippen molar-refractivity contribution in [1.29, 1.82) is 5.26 Å². The van der Waals surface area contributed by atoms with Gasteiger partial charge in [0.1, 0.15) is 4.90 Å². The Morgan fingerprint density at radius 1 is 1.19 bits per heavy atom. The maximum atomic E-state index is 12.9. The van der Waals surface area contributed by atoms with Crippen molar-refractivity contribution in [2.24, 2.45) is 0 Å². The normalized spacial score (nSPS) is 14.4. The molecule has 0 radical (unpaired) electrons. The van der Waals surface area contributed by atoms with Crippen molar-refractivity contribution in [1.82, 2.24) is 9.21 Å². The van der Waals surface area contributed by atoms with Crippen LogP contribution in [0, 0.1) is 11.3 Å². The van der Waals surface area contributed by atoms with Crippen LogP contribution in [0.2, 0.25) is 5.02 Å². The predicted molar refractivity (Wildman–Crippen MR) is 118 cm³/mol. The molecule has 168 valence electrons. The molecule has 0 spiro atoms. The SMILES string of the molecule is CN(CC(=O)Nc1ccc(Cl)c(S(=O)(=O)N2CCOCC2)c1)C(=O)c1ccc(C#N)cc1. The maximum Gasteiger partial charge on any atom is 0.254 e. The molecule has 0 bridgehead atoms. The highest BCUT2D eigenvalue weighted by Gasteiger charge is 2.28. The van der Waals surface area contributed by atoms with E-state index in [-0.39, 0.29) is 35.2 Å². The monoisotopic (exact) mass is 476 g/mol. The maximum absolute atomic E-state index is 12.9. The Labute approximate surface area is 191 Å². The fourth-order valence-corrected chi connectivity index (χ4v) is 5.01. The minimum Gasteiger partial charge on any atom is -0.379 e. The number of nitriles is 1. The van der Waals surface area contributed by atoms with Crippen molar-refractivity contribution in [3.05, 3.63) is 58.6 Å². The van der Waals surface area contributed by atoms with Crippen LogP contribution in [0.25, 0.3) is 0 Å². The lowest BCUT2D eigenvalue weighted by Gasteiger charge is -2.26. The summed E-state index contributed by atoms with van der Waals surface area (Å²) in [5.74, 6) is -0.900. The minimum absolute atomic E-state index is 0.0441. The molecule has 1 aliphatic heterocycles. The van der Waals surface area contributed by atoms with E-state index in [2.05, 4.69) is 5.32 Å². The van der Waals surface area contributed by atoms with Crippen molar-refractivity contribution in [2.45, 2.75) is 4.90 Å². The van der Waals surface area contributed by atoms with E-state index in [4.69, 9.17) is 21.6 Å². The van der Waals surface area contributed by atoms with Crippen LogP contribution < -0.4 is 5.32 Å². The Balaban J connectivity index is 1.69. The van der Waals surface area contributed by atoms with Crippen molar-refractivity contribution in [3.63, 3.8) is 0 Å². The Hall–Kier alpha value is -2.97. The quantitative estimate of drug-likeness (QED) is 0.680. The van der Waals surface area contributed by atoms with Gasteiger partial charge in [0.15, 0.2) is 0 Å². The summed E-state index contributed by atoms with van der Waals surface area (Å²) in [5.41, 5.74) is 1.00. The third-order valence-electron chi connectivity index (χ3n) is 4.79. The van der Waals surface area contributed by atoms with Crippen molar-refractivity contribution in [2.75, 3.05) is 45.2 Å². The number of hydrogen-bond acceptors (Lipinski definition) is 6. The molecule has 2 aromatic rings. The standard InChI is InChI=1S/C21H21ClN4O5S/c1-25(21(28)16-4-2-15(13-23)3-5-16)14-20(27)24-17-6-7-18(22)19(12-17)32(29,30)26-8-10-31-11-9-26/h2-7,12H,8-11,14H2,1H3,(H,24,27). The van der Waals surface area contributed by atoms with Gasteiger partial charge in [-0.1, -0.05) is 11.6 Å². The molecule has 0 unspecified atom stereocenters. The van der Waals surface area contributed by atoms with Crippen LogP contribution >= 0.6 is 11.6 Å². The van der Waals surface area contributed by atoms with E-state index in [0.29, 0.717) is 24.3 Å². The van der Waals surface area contributed by atoms with E-state index >= 15 is 0 Å². The van der Waals surface area contributed by atoms with Crippen molar-refractivity contribution >= 4 is 39.1 Å². The summed E-state index contributed by atoms with van der Waals surface area (Å²) in [7, 11) is -2.38. The summed E-state index contributed by atoms with van der Waals surface area (Å²) in [6.45, 7) is 0.780. The number of hydrogen-bond donors (Lipinski definition) is 1.